The van der Waals surface area contributed by atoms with E-state index in [0.717, 1.165) is 30.6 Å². The summed E-state index contributed by atoms with van der Waals surface area (Å²) in [5.74, 6) is 2.66. The number of nitrogens with zero attached hydrogens (tertiary/aromatic N) is 4. The van der Waals surface area contributed by atoms with Crippen LogP contribution in [0.2, 0.25) is 0 Å². The molecule has 0 fully saturated rings. The number of rotatable bonds is 8. The molecule has 0 spiro atoms. The van der Waals surface area contributed by atoms with Crippen LogP contribution in [0.15, 0.2) is 78.0 Å². The SMILES string of the molecule is CN=C(NCc1nccn1Cc1ccccc1)N(C)CCOc1ccccc1. The Balaban J connectivity index is 1.49. The van der Waals surface area contributed by atoms with Crippen molar-refractivity contribution in [3.05, 3.63) is 84.4 Å². The quantitative estimate of drug-likeness (QED) is 0.484. The highest BCUT2D eigenvalue weighted by molar-refractivity contribution is 5.79. The van der Waals surface area contributed by atoms with Crippen LogP contribution < -0.4 is 10.1 Å². The molecule has 0 saturated heterocycles. The third-order valence-corrected chi connectivity index (χ3v) is 4.41. The van der Waals surface area contributed by atoms with E-state index in [0.29, 0.717) is 13.2 Å². The Kier molecular flexibility index (Phi) is 7.07. The van der Waals surface area contributed by atoms with Crippen molar-refractivity contribution in [2.45, 2.75) is 13.1 Å². The number of aliphatic imine (C=N–C) groups is 1. The molecule has 1 aromatic heterocycles. The van der Waals surface area contributed by atoms with Crippen molar-refractivity contribution in [3.63, 3.8) is 0 Å². The maximum absolute atomic E-state index is 5.77. The van der Waals surface area contributed by atoms with Gasteiger partial charge in [0.1, 0.15) is 18.2 Å². The van der Waals surface area contributed by atoms with Crippen molar-refractivity contribution >= 4 is 5.96 Å². The molecule has 0 bridgehead atoms. The first kappa shape index (κ1) is 19.5. The van der Waals surface area contributed by atoms with Gasteiger partial charge in [-0.25, -0.2) is 4.98 Å². The molecule has 1 heterocycles. The van der Waals surface area contributed by atoms with Crippen molar-refractivity contribution in [2.24, 2.45) is 4.99 Å². The minimum absolute atomic E-state index is 0.587. The molecule has 2 aromatic carbocycles. The fourth-order valence-electron chi connectivity index (χ4n) is 2.90. The minimum Gasteiger partial charge on any atom is -0.492 e. The lowest BCUT2D eigenvalue weighted by molar-refractivity contribution is 0.281. The van der Waals surface area contributed by atoms with Crippen LogP contribution in [0.1, 0.15) is 11.4 Å². The average Bonchev–Trinajstić information content (AvgIpc) is 3.17. The number of imidazole rings is 1. The number of aromatic nitrogens is 2. The average molecular weight is 377 g/mol. The predicted molar refractivity (Wildman–Crippen MR) is 113 cm³/mol. The van der Waals surface area contributed by atoms with Gasteiger partial charge in [-0.15, -0.1) is 0 Å². The summed E-state index contributed by atoms with van der Waals surface area (Å²) in [6.07, 6.45) is 3.84. The van der Waals surface area contributed by atoms with Crippen LogP contribution in [0.5, 0.6) is 5.75 Å². The molecule has 3 rings (SSSR count). The third-order valence-electron chi connectivity index (χ3n) is 4.41. The molecule has 146 valence electrons. The van der Waals surface area contributed by atoms with Gasteiger partial charge in [0.2, 0.25) is 0 Å². The van der Waals surface area contributed by atoms with Gasteiger partial charge in [-0.2, -0.15) is 0 Å². The van der Waals surface area contributed by atoms with Gasteiger partial charge in [-0.05, 0) is 17.7 Å². The van der Waals surface area contributed by atoms with Crippen molar-refractivity contribution in [2.75, 3.05) is 27.2 Å². The Morgan fingerprint density at radius 3 is 2.54 bits per heavy atom. The second kappa shape index (κ2) is 10.2. The second-order valence-corrected chi connectivity index (χ2v) is 6.44. The van der Waals surface area contributed by atoms with E-state index < -0.39 is 0 Å². The highest BCUT2D eigenvalue weighted by Gasteiger charge is 2.09. The van der Waals surface area contributed by atoms with Gasteiger partial charge in [-0.3, -0.25) is 4.99 Å². The second-order valence-electron chi connectivity index (χ2n) is 6.44. The monoisotopic (exact) mass is 377 g/mol. The zero-order valence-corrected chi connectivity index (χ0v) is 16.5. The molecule has 0 saturated carbocycles. The van der Waals surface area contributed by atoms with Crippen LogP contribution in [0.25, 0.3) is 0 Å². The zero-order chi connectivity index (χ0) is 19.6. The lowest BCUT2D eigenvalue weighted by Gasteiger charge is -2.22. The molecule has 0 atom stereocenters. The van der Waals surface area contributed by atoms with Crippen LogP contribution in [-0.4, -0.2) is 47.7 Å². The third kappa shape index (κ3) is 5.61. The number of benzene rings is 2. The summed E-state index contributed by atoms with van der Waals surface area (Å²) >= 11 is 0. The van der Waals surface area contributed by atoms with E-state index in [1.165, 1.54) is 5.56 Å². The van der Waals surface area contributed by atoms with Gasteiger partial charge in [0.25, 0.3) is 0 Å². The van der Waals surface area contributed by atoms with Gasteiger partial charge < -0.3 is 19.5 Å². The maximum Gasteiger partial charge on any atom is 0.193 e. The van der Waals surface area contributed by atoms with Gasteiger partial charge in [-0.1, -0.05) is 48.5 Å². The first-order chi connectivity index (χ1) is 13.8. The van der Waals surface area contributed by atoms with E-state index in [-0.39, 0.29) is 0 Å². The molecule has 0 aliphatic heterocycles. The number of guanidine groups is 1. The summed E-state index contributed by atoms with van der Waals surface area (Å²) in [7, 11) is 3.79. The van der Waals surface area contributed by atoms with Gasteiger partial charge in [0.15, 0.2) is 5.96 Å². The smallest absolute Gasteiger partial charge is 0.193 e. The van der Waals surface area contributed by atoms with Crippen LogP contribution in [-0.2, 0) is 13.1 Å². The van der Waals surface area contributed by atoms with E-state index in [9.17, 15) is 0 Å². The van der Waals surface area contributed by atoms with Gasteiger partial charge >= 0.3 is 0 Å². The standard InChI is InChI=1S/C22H27N5O/c1-23-22(26(2)15-16-28-20-11-7-4-8-12-20)25-17-21-24-13-14-27(21)18-19-9-5-3-6-10-19/h3-14H,15-18H2,1-2H3,(H,23,25). The summed E-state index contributed by atoms with van der Waals surface area (Å²) < 4.78 is 7.91. The van der Waals surface area contributed by atoms with Crippen molar-refractivity contribution < 1.29 is 4.74 Å². The fraction of sp³-hybridized carbons (Fsp3) is 0.273. The van der Waals surface area contributed by atoms with E-state index in [4.69, 9.17) is 4.74 Å². The van der Waals surface area contributed by atoms with Crippen LogP contribution in [0.3, 0.4) is 0 Å². The Labute approximate surface area is 166 Å². The minimum atomic E-state index is 0.587. The summed E-state index contributed by atoms with van der Waals surface area (Å²) in [5, 5.41) is 3.38. The molecule has 6 nitrogen and oxygen atoms in total. The molecule has 0 unspecified atom stereocenters. The van der Waals surface area contributed by atoms with Gasteiger partial charge in [0.05, 0.1) is 13.1 Å². The van der Waals surface area contributed by atoms with Crippen molar-refractivity contribution in [1.29, 1.82) is 0 Å². The van der Waals surface area contributed by atoms with E-state index in [2.05, 4.69) is 44.1 Å². The summed E-state index contributed by atoms with van der Waals surface area (Å²) in [4.78, 5) is 10.9. The fourth-order valence-corrected chi connectivity index (χ4v) is 2.90. The van der Waals surface area contributed by atoms with Gasteiger partial charge in [0, 0.05) is 33.0 Å². The van der Waals surface area contributed by atoms with Crippen LogP contribution in [0, 0.1) is 0 Å². The van der Waals surface area contributed by atoms with E-state index in [1.54, 1.807) is 7.05 Å². The molecule has 1 N–H and O–H groups in total. The molecule has 0 aliphatic carbocycles. The Morgan fingerprint density at radius 2 is 1.82 bits per heavy atom. The maximum atomic E-state index is 5.77. The van der Waals surface area contributed by atoms with Crippen LogP contribution in [0.4, 0.5) is 0 Å². The molecular weight excluding hydrogens is 350 g/mol. The highest BCUT2D eigenvalue weighted by atomic mass is 16.5. The number of hydrogen-bond acceptors (Lipinski definition) is 3. The first-order valence-corrected chi connectivity index (χ1v) is 9.40. The topological polar surface area (TPSA) is 54.7 Å². The Hall–Kier alpha value is -3.28. The number of para-hydroxylation sites is 1. The van der Waals surface area contributed by atoms with Crippen molar-refractivity contribution in [1.82, 2.24) is 19.8 Å². The summed E-state index contributed by atoms with van der Waals surface area (Å²) in [6, 6.07) is 20.2. The predicted octanol–water partition coefficient (Wildman–Crippen LogP) is 3.02. The normalized spacial score (nSPS) is 11.3. The number of hydrogen-bond donors (Lipinski definition) is 1. The molecule has 3 aromatic rings. The van der Waals surface area contributed by atoms with Crippen molar-refractivity contribution in [3.8, 4) is 5.75 Å². The molecular formula is C22H27N5O. The lowest BCUT2D eigenvalue weighted by Crippen LogP contribution is -2.40. The largest absolute Gasteiger partial charge is 0.492 e. The number of likely N-dealkylation sites (N-methyl/N-ethyl adjacent to an activating group) is 1. The molecule has 28 heavy (non-hydrogen) atoms. The zero-order valence-electron chi connectivity index (χ0n) is 16.5. The molecule has 0 aliphatic rings. The lowest BCUT2D eigenvalue weighted by atomic mass is 10.2. The molecule has 6 heteroatoms. The van der Waals surface area contributed by atoms with E-state index in [1.807, 2.05) is 60.7 Å². The van der Waals surface area contributed by atoms with Crippen LogP contribution >= 0.6 is 0 Å². The Morgan fingerprint density at radius 1 is 1.11 bits per heavy atom. The number of ether oxygens (including phenoxy) is 1. The Bertz CT molecular complexity index is 861. The highest BCUT2D eigenvalue weighted by Crippen LogP contribution is 2.08. The van der Waals surface area contributed by atoms with E-state index >= 15 is 0 Å². The first-order valence-electron chi connectivity index (χ1n) is 9.40. The molecule has 0 amide bonds. The summed E-state index contributed by atoms with van der Waals surface area (Å²) in [6.45, 7) is 2.73. The molecule has 0 radical (unpaired) electrons. The number of nitrogens with one attached hydrogen (secondary N) is 1. The summed E-state index contributed by atoms with van der Waals surface area (Å²) in [5.41, 5.74) is 1.25.